The number of nitrogens with zero attached hydrogens (tertiary/aromatic N) is 1. The largest absolute Gasteiger partial charge is 0.411 e. The maximum atomic E-state index is 12.4. The third-order valence-corrected chi connectivity index (χ3v) is 1.55. The van der Waals surface area contributed by atoms with E-state index in [1.807, 2.05) is 0 Å². The number of hydrogen-bond acceptors (Lipinski definition) is 3. The molecule has 0 radical (unpaired) electrons. The number of hydrogen-bond donors (Lipinski definition) is 1. The number of rotatable bonds is 5. The fraction of sp³-hybridized carbons (Fsp3) is 0.444. The second kappa shape index (κ2) is 5.64. The molecule has 1 heterocycles. The summed E-state index contributed by atoms with van der Waals surface area (Å²) in [6.45, 7) is -1.20. The van der Waals surface area contributed by atoms with Gasteiger partial charge >= 0.3 is 6.18 Å². The van der Waals surface area contributed by atoms with Gasteiger partial charge in [-0.15, -0.1) is 0 Å². The minimum Gasteiger partial charge on any atom is -0.370 e. The molecule has 0 aliphatic rings. The van der Waals surface area contributed by atoms with Crippen LogP contribution in [-0.4, -0.2) is 30.9 Å². The van der Waals surface area contributed by atoms with Crippen LogP contribution in [0.15, 0.2) is 18.3 Å². The van der Waals surface area contributed by atoms with Crippen molar-refractivity contribution in [1.82, 2.24) is 4.98 Å². The number of ether oxygens (including phenoxy) is 1. The van der Waals surface area contributed by atoms with Crippen molar-refractivity contribution >= 4 is 5.82 Å². The SMILES string of the molecule is Fc1ccc(NCCOCC(F)(F)F)nc1. The van der Waals surface area contributed by atoms with Gasteiger partial charge < -0.3 is 10.1 Å². The van der Waals surface area contributed by atoms with Crippen molar-refractivity contribution in [3.05, 3.63) is 24.1 Å². The quantitative estimate of drug-likeness (QED) is 0.630. The van der Waals surface area contributed by atoms with Crippen LogP contribution < -0.4 is 5.32 Å². The second-order valence-electron chi connectivity index (χ2n) is 2.96. The first-order chi connectivity index (χ1) is 7.47. The number of halogens is 4. The Morgan fingerprint density at radius 1 is 1.31 bits per heavy atom. The highest BCUT2D eigenvalue weighted by Gasteiger charge is 2.27. The van der Waals surface area contributed by atoms with E-state index >= 15 is 0 Å². The second-order valence-corrected chi connectivity index (χ2v) is 2.96. The Kier molecular flexibility index (Phi) is 4.48. The lowest BCUT2D eigenvalue weighted by Gasteiger charge is -2.08. The lowest BCUT2D eigenvalue weighted by molar-refractivity contribution is -0.172. The monoisotopic (exact) mass is 238 g/mol. The van der Waals surface area contributed by atoms with Crippen molar-refractivity contribution in [3.63, 3.8) is 0 Å². The molecule has 0 fully saturated rings. The van der Waals surface area contributed by atoms with Crippen LogP contribution in [0.3, 0.4) is 0 Å². The molecule has 1 aromatic heterocycles. The Bertz CT molecular complexity index is 312. The first-order valence-corrected chi connectivity index (χ1v) is 4.47. The summed E-state index contributed by atoms with van der Waals surface area (Å²) in [7, 11) is 0. The van der Waals surface area contributed by atoms with Gasteiger partial charge in [-0.05, 0) is 12.1 Å². The Morgan fingerprint density at radius 2 is 2.06 bits per heavy atom. The molecule has 0 saturated heterocycles. The van der Waals surface area contributed by atoms with Crippen LogP contribution >= 0.6 is 0 Å². The maximum absolute atomic E-state index is 12.4. The summed E-state index contributed by atoms with van der Waals surface area (Å²) in [5.74, 6) is -0.0871. The number of anilines is 1. The number of aromatic nitrogens is 1. The molecule has 1 aromatic rings. The van der Waals surface area contributed by atoms with E-state index in [0.29, 0.717) is 5.82 Å². The summed E-state index contributed by atoms with van der Waals surface area (Å²) in [5, 5.41) is 2.69. The van der Waals surface area contributed by atoms with Crippen molar-refractivity contribution < 1.29 is 22.3 Å². The summed E-state index contributed by atoms with van der Waals surface area (Å²) in [6.07, 6.45) is -3.30. The number of pyridine rings is 1. The third kappa shape index (κ3) is 5.50. The topological polar surface area (TPSA) is 34.1 Å². The smallest absolute Gasteiger partial charge is 0.370 e. The Morgan fingerprint density at radius 3 is 2.62 bits per heavy atom. The van der Waals surface area contributed by atoms with Crippen molar-refractivity contribution in [2.75, 3.05) is 25.1 Å². The van der Waals surface area contributed by atoms with Gasteiger partial charge in [-0.3, -0.25) is 0 Å². The minimum atomic E-state index is -4.31. The molecule has 7 heteroatoms. The fourth-order valence-electron chi connectivity index (χ4n) is 0.920. The molecule has 0 aliphatic heterocycles. The van der Waals surface area contributed by atoms with Gasteiger partial charge in [0.25, 0.3) is 0 Å². The molecule has 0 amide bonds. The average Bonchev–Trinajstić information content (AvgIpc) is 2.19. The number of nitrogens with one attached hydrogen (secondary N) is 1. The molecular formula is C9H10F4N2O. The predicted molar refractivity (Wildman–Crippen MR) is 49.6 cm³/mol. The van der Waals surface area contributed by atoms with Crippen LogP contribution in [0.25, 0.3) is 0 Å². The molecule has 3 nitrogen and oxygen atoms in total. The number of alkyl halides is 3. The standard InChI is InChI=1S/C9H10F4N2O/c10-7-1-2-8(15-5-7)14-3-4-16-6-9(11,12)13/h1-2,5H,3-4,6H2,(H,14,15). The molecule has 0 aromatic carbocycles. The van der Waals surface area contributed by atoms with Gasteiger partial charge in [0.05, 0.1) is 12.8 Å². The third-order valence-electron chi connectivity index (χ3n) is 1.55. The molecule has 0 bridgehead atoms. The Labute approximate surface area is 89.4 Å². The van der Waals surface area contributed by atoms with E-state index in [1.165, 1.54) is 12.1 Å². The molecule has 16 heavy (non-hydrogen) atoms. The lowest BCUT2D eigenvalue weighted by Crippen LogP contribution is -2.20. The van der Waals surface area contributed by atoms with Gasteiger partial charge in [-0.1, -0.05) is 0 Å². The molecule has 1 N–H and O–H groups in total. The fourth-order valence-corrected chi connectivity index (χ4v) is 0.920. The zero-order valence-electron chi connectivity index (χ0n) is 8.22. The van der Waals surface area contributed by atoms with Gasteiger partial charge in [0.2, 0.25) is 0 Å². The molecule has 0 saturated carbocycles. The van der Waals surface area contributed by atoms with Crippen molar-refractivity contribution in [1.29, 1.82) is 0 Å². The van der Waals surface area contributed by atoms with Crippen LogP contribution in [0.5, 0.6) is 0 Å². The Hall–Kier alpha value is -1.37. The first-order valence-electron chi connectivity index (χ1n) is 4.47. The van der Waals surface area contributed by atoms with Crippen molar-refractivity contribution in [3.8, 4) is 0 Å². The molecule has 0 spiro atoms. The maximum Gasteiger partial charge on any atom is 0.411 e. The van der Waals surface area contributed by atoms with Gasteiger partial charge in [-0.25, -0.2) is 9.37 Å². The van der Waals surface area contributed by atoms with Gasteiger partial charge in [0.15, 0.2) is 0 Å². The van der Waals surface area contributed by atoms with Gasteiger partial charge in [0, 0.05) is 6.54 Å². The predicted octanol–water partition coefficient (Wildman–Crippen LogP) is 2.21. The zero-order valence-corrected chi connectivity index (χ0v) is 8.22. The van der Waals surface area contributed by atoms with E-state index in [4.69, 9.17) is 0 Å². The van der Waals surface area contributed by atoms with Gasteiger partial charge in [0.1, 0.15) is 18.2 Å². The first kappa shape index (κ1) is 12.7. The summed E-state index contributed by atoms with van der Waals surface area (Å²) in [6, 6.07) is 2.59. The zero-order chi connectivity index (χ0) is 12.0. The molecular weight excluding hydrogens is 228 g/mol. The molecule has 1 rings (SSSR count). The molecule has 0 unspecified atom stereocenters. The van der Waals surface area contributed by atoms with Crippen LogP contribution in [0.4, 0.5) is 23.4 Å². The minimum absolute atomic E-state index is 0.0986. The summed E-state index contributed by atoms with van der Waals surface area (Å²) in [4.78, 5) is 3.66. The summed E-state index contributed by atoms with van der Waals surface area (Å²) >= 11 is 0. The van der Waals surface area contributed by atoms with Crippen molar-refractivity contribution in [2.45, 2.75) is 6.18 Å². The normalized spacial score (nSPS) is 11.5. The van der Waals surface area contributed by atoms with E-state index < -0.39 is 18.6 Å². The molecule has 0 atom stereocenters. The Balaban J connectivity index is 2.14. The lowest BCUT2D eigenvalue weighted by atomic mass is 10.4. The van der Waals surface area contributed by atoms with Crippen LogP contribution in [0.2, 0.25) is 0 Å². The highest BCUT2D eigenvalue weighted by Crippen LogP contribution is 2.14. The van der Waals surface area contributed by atoms with E-state index in [9.17, 15) is 17.6 Å². The van der Waals surface area contributed by atoms with Crippen LogP contribution in [0.1, 0.15) is 0 Å². The van der Waals surface area contributed by atoms with Crippen molar-refractivity contribution in [2.24, 2.45) is 0 Å². The van der Waals surface area contributed by atoms with E-state index in [1.54, 1.807) is 0 Å². The highest BCUT2D eigenvalue weighted by molar-refractivity contribution is 5.33. The highest BCUT2D eigenvalue weighted by atomic mass is 19.4. The van der Waals surface area contributed by atoms with E-state index in [2.05, 4.69) is 15.0 Å². The van der Waals surface area contributed by atoms with E-state index in [-0.39, 0.29) is 13.2 Å². The van der Waals surface area contributed by atoms with Crippen LogP contribution in [-0.2, 0) is 4.74 Å². The summed E-state index contributed by atoms with van der Waals surface area (Å²) < 4.78 is 51.7. The van der Waals surface area contributed by atoms with Crippen LogP contribution in [0, 0.1) is 5.82 Å². The molecule has 90 valence electrons. The average molecular weight is 238 g/mol. The van der Waals surface area contributed by atoms with E-state index in [0.717, 1.165) is 6.20 Å². The summed E-state index contributed by atoms with van der Waals surface area (Å²) in [5.41, 5.74) is 0. The van der Waals surface area contributed by atoms with Gasteiger partial charge in [-0.2, -0.15) is 13.2 Å². The molecule has 0 aliphatic carbocycles.